The zero-order chi connectivity index (χ0) is 12.3. The van der Waals surface area contributed by atoms with Gasteiger partial charge in [-0.1, -0.05) is 0 Å². The fourth-order valence-corrected chi connectivity index (χ4v) is 2.46. The second kappa shape index (κ2) is 5.50. The molecule has 1 saturated heterocycles. The minimum absolute atomic E-state index is 0.159. The number of ether oxygens (including phenoxy) is 1. The van der Waals surface area contributed by atoms with Crippen LogP contribution in [0.25, 0.3) is 0 Å². The molecule has 1 aromatic carbocycles. The highest BCUT2D eigenvalue weighted by atomic mass is 19.1. The second-order valence-corrected chi connectivity index (χ2v) is 4.80. The maximum absolute atomic E-state index is 13.7. The highest BCUT2D eigenvalue weighted by molar-refractivity contribution is 5.38. The number of piperidine rings is 1. The minimum Gasteiger partial charge on any atom is -0.496 e. The van der Waals surface area contributed by atoms with Crippen molar-refractivity contribution < 1.29 is 9.13 Å². The largest absolute Gasteiger partial charge is 0.496 e. The average molecular weight is 237 g/mol. The summed E-state index contributed by atoms with van der Waals surface area (Å²) in [6.45, 7) is 3.91. The monoisotopic (exact) mass is 237 g/mol. The van der Waals surface area contributed by atoms with Crippen molar-refractivity contribution in [2.75, 3.05) is 20.2 Å². The van der Waals surface area contributed by atoms with Crippen LogP contribution in [0.4, 0.5) is 4.39 Å². The second-order valence-electron chi connectivity index (χ2n) is 4.80. The molecule has 0 saturated carbocycles. The lowest BCUT2D eigenvalue weighted by Crippen LogP contribution is -2.28. The number of hydrogen-bond acceptors (Lipinski definition) is 2. The molecule has 0 aliphatic carbocycles. The fourth-order valence-electron chi connectivity index (χ4n) is 2.46. The molecular formula is C14H20FNO. The van der Waals surface area contributed by atoms with Gasteiger partial charge in [-0.2, -0.15) is 0 Å². The molecule has 1 heterocycles. The van der Waals surface area contributed by atoms with Crippen LogP contribution in [0, 0.1) is 18.7 Å². The number of rotatable bonds is 3. The van der Waals surface area contributed by atoms with Crippen molar-refractivity contribution in [3.8, 4) is 5.75 Å². The normalized spacial score (nSPS) is 17.1. The van der Waals surface area contributed by atoms with Crippen molar-refractivity contribution in [1.82, 2.24) is 5.32 Å². The van der Waals surface area contributed by atoms with Gasteiger partial charge in [0.25, 0.3) is 0 Å². The molecule has 1 N–H and O–H groups in total. The molecule has 1 fully saturated rings. The molecule has 2 rings (SSSR count). The van der Waals surface area contributed by atoms with Crippen molar-refractivity contribution >= 4 is 0 Å². The lowest BCUT2D eigenvalue weighted by molar-refractivity contribution is 0.370. The predicted octanol–water partition coefficient (Wildman–Crippen LogP) is 2.68. The first-order chi connectivity index (χ1) is 8.20. The average Bonchev–Trinajstić information content (AvgIpc) is 2.35. The Labute approximate surface area is 102 Å². The van der Waals surface area contributed by atoms with Gasteiger partial charge in [0.1, 0.15) is 11.6 Å². The molecule has 1 aromatic rings. The molecular weight excluding hydrogens is 217 g/mol. The third-order valence-corrected chi connectivity index (χ3v) is 3.56. The van der Waals surface area contributed by atoms with Crippen LogP contribution in [0.15, 0.2) is 12.1 Å². The van der Waals surface area contributed by atoms with E-state index in [9.17, 15) is 4.39 Å². The summed E-state index contributed by atoms with van der Waals surface area (Å²) < 4.78 is 18.9. The van der Waals surface area contributed by atoms with Crippen molar-refractivity contribution in [2.24, 2.45) is 5.92 Å². The van der Waals surface area contributed by atoms with Crippen LogP contribution in [-0.4, -0.2) is 20.2 Å². The van der Waals surface area contributed by atoms with E-state index in [2.05, 4.69) is 5.32 Å². The van der Waals surface area contributed by atoms with Crippen LogP contribution in [0.1, 0.15) is 24.0 Å². The molecule has 17 heavy (non-hydrogen) atoms. The van der Waals surface area contributed by atoms with Gasteiger partial charge in [0, 0.05) is 5.56 Å². The Morgan fingerprint density at radius 3 is 2.71 bits per heavy atom. The Kier molecular flexibility index (Phi) is 4.00. The van der Waals surface area contributed by atoms with E-state index in [4.69, 9.17) is 4.74 Å². The van der Waals surface area contributed by atoms with Gasteiger partial charge in [0.15, 0.2) is 0 Å². The van der Waals surface area contributed by atoms with Crippen molar-refractivity contribution in [3.05, 3.63) is 29.1 Å². The van der Waals surface area contributed by atoms with Gasteiger partial charge in [0.2, 0.25) is 0 Å². The van der Waals surface area contributed by atoms with Gasteiger partial charge in [-0.05, 0) is 62.9 Å². The topological polar surface area (TPSA) is 21.3 Å². The number of nitrogens with one attached hydrogen (secondary N) is 1. The minimum atomic E-state index is -0.159. The summed E-state index contributed by atoms with van der Waals surface area (Å²) in [6, 6.07) is 3.63. The number of methoxy groups -OCH3 is 1. The third-order valence-electron chi connectivity index (χ3n) is 3.56. The maximum atomic E-state index is 13.7. The molecule has 0 radical (unpaired) electrons. The van der Waals surface area contributed by atoms with Crippen LogP contribution in [0.5, 0.6) is 5.75 Å². The summed E-state index contributed by atoms with van der Waals surface area (Å²) in [6.07, 6.45) is 3.31. The Morgan fingerprint density at radius 1 is 1.35 bits per heavy atom. The first-order valence-electron chi connectivity index (χ1n) is 6.24. The van der Waals surface area contributed by atoms with Crippen molar-refractivity contribution in [2.45, 2.75) is 26.2 Å². The molecule has 0 bridgehead atoms. The summed E-state index contributed by atoms with van der Waals surface area (Å²) in [5.74, 6) is 1.17. The van der Waals surface area contributed by atoms with E-state index >= 15 is 0 Å². The Hall–Kier alpha value is -1.09. The molecule has 0 spiro atoms. The van der Waals surface area contributed by atoms with Crippen LogP contribution >= 0.6 is 0 Å². The van der Waals surface area contributed by atoms with Gasteiger partial charge >= 0.3 is 0 Å². The number of benzene rings is 1. The fraction of sp³-hybridized carbons (Fsp3) is 0.571. The molecule has 0 amide bonds. The SMILES string of the molecule is COc1cc(CC2CCNCC2)cc(F)c1C. The Balaban J connectivity index is 2.12. The van der Waals surface area contributed by atoms with E-state index in [1.165, 1.54) is 12.8 Å². The van der Waals surface area contributed by atoms with E-state index < -0.39 is 0 Å². The zero-order valence-electron chi connectivity index (χ0n) is 10.6. The summed E-state index contributed by atoms with van der Waals surface area (Å²) in [5.41, 5.74) is 1.65. The highest BCUT2D eigenvalue weighted by Crippen LogP contribution is 2.26. The Bertz CT molecular complexity index is 386. The van der Waals surface area contributed by atoms with Crippen LogP contribution in [0.2, 0.25) is 0 Å². The predicted molar refractivity (Wildman–Crippen MR) is 67.0 cm³/mol. The summed E-state index contributed by atoms with van der Waals surface area (Å²) in [5, 5.41) is 3.34. The van der Waals surface area contributed by atoms with Gasteiger partial charge in [0.05, 0.1) is 7.11 Å². The van der Waals surface area contributed by atoms with E-state index in [1.54, 1.807) is 20.1 Å². The Morgan fingerprint density at radius 2 is 2.06 bits per heavy atom. The van der Waals surface area contributed by atoms with E-state index in [0.29, 0.717) is 17.2 Å². The number of halogens is 1. The molecule has 0 atom stereocenters. The van der Waals surface area contributed by atoms with E-state index in [-0.39, 0.29) is 5.82 Å². The van der Waals surface area contributed by atoms with E-state index in [1.807, 2.05) is 6.07 Å². The molecule has 2 nitrogen and oxygen atoms in total. The van der Waals surface area contributed by atoms with Crippen LogP contribution < -0.4 is 10.1 Å². The third kappa shape index (κ3) is 2.97. The van der Waals surface area contributed by atoms with Gasteiger partial charge in [-0.3, -0.25) is 0 Å². The van der Waals surface area contributed by atoms with Gasteiger partial charge < -0.3 is 10.1 Å². The van der Waals surface area contributed by atoms with E-state index in [0.717, 1.165) is 25.1 Å². The molecule has 1 aliphatic heterocycles. The molecule has 0 unspecified atom stereocenters. The highest BCUT2D eigenvalue weighted by Gasteiger charge is 2.15. The van der Waals surface area contributed by atoms with Crippen LogP contribution in [0.3, 0.4) is 0 Å². The summed E-state index contributed by atoms with van der Waals surface area (Å²) in [4.78, 5) is 0. The first-order valence-corrected chi connectivity index (χ1v) is 6.24. The molecule has 0 aromatic heterocycles. The first kappa shape index (κ1) is 12.4. The van der Waals surface area contributed by atoms with Crippen molar-refractivity contribution in [3.63, 3.8) is 0 Å². The van der Waals surface area contributed by atoms with Gasteiger partial charge in [-0.25, -0.2) is 4.39 Å². The summed E-state index contributed by atoms with van der Waals surface area (Å²) >= 11 is 0. The van der Waals surface area contributed by atoms with Crippen LogP contribution in [-0.2, 0) is 6.42 Å². The number of hydrogen-bond donors (Lipinski definition) is 1. The summed E-state index contributed by atoms with van der Waals surface area (Å²) in [7, 11) is 1.59. The standard InChI is InChI=1S/C14H20FNO/c1-10-13(15)8-12(9-14(10)17-2)7-11-3-5-16-6-4-11/h8-9,11,16H,3-7H2,1-2H3. The van der Waals surface area contributed by atoms with Crippen molar-refractivity contribution in [1.29, 1.82) is 0 Å². The molecule has 3 heteroatoms. The molecule has 1 aliphatic rings. The lowest BCUT2D eigenvalue weighted by atomic mass is 9.90. The molecule has 94 valence electrons. The maximum Gasteiger partial charge on any atom is 0.130 e. The van der Waals surface area contributed by atoms with Gasteiger partial charge in [-0.15, -0.1) is 0 Å². The lowest BCUT2D eigenvalue weighted by Gasteiger charge is -2.23. The zero-order valence-corrected chi connectivity index (χ0v) is 10.6. The smallest absolute Gasteiger partial charge is 0.130 e. The quantitative estimate of drug-likeness (QED) is 0.872.